The normalized spacial score (nSPS) is 20.2. The van der Waals surface area contributed by atoms with Crippen molar-refractivity contribution >= 4 is 28.8 Å². The monoisotopic (exact) mass is 363 g/mol. The minimum atomic E-state index is -0.688. The molecule has 0 saturated heterocycles. The first-order valence-corrected chi connectivity index (χ1v) is 8.11. The first kappa shape index (κ1) is 17.2. The number of allylic oxidation sites excluding steroid dienone is 1. The number of thiocarbonyl (C=S) groups is 1. The molecule has 0 radical (unpaired) electrons. The molecular formula is C16H17N3O5S. The second-order valence-electron chi connectivity index (χ2n) is 5.93. The Morgan fingerprint density at radius 3 is 2.80 bits per heavy atom. The molecular weight excluding hydrogens is 346 g/mol. The van der Waals surface area contributed by atoms with Gasteiger partial charge in [0.2, 0.25) is 5.75 Å². The fourth-order valence-corrected chi connectivity index (χ4v) is 3.49. The summed E-state index contributed by atoms with van der Waals surface area (Å²) < 4.78 is 5.05. The summed E-state index contributed by atoms with van der Waals surface area (Å²) in [4.78, 5) is 24.8. The molecule has 2 N–H and O–H groups in total. The molecule has 1 aliphatic carbocycles. The highest BCUT2D eigenvalue weighted by Gasteiger charge is 2.37. The number of nitro groups is 1. The first-order valence-electron chi connectivity index (χ1n) is 7.71. The van der Waals surface area contributed by atoms with Crippen LogP contribution < -0.4 is 10.1 Å². The number of Topliss-reactive ketones (excluding diaryl/α,β-unsaturated/α-hetero) is 1. The highest BCUT2D eigenvalue weighted by atomic mass is 32.1. The number of ether oxygens (including phenoxy) is 1. The number of ketones is 1. The van der Waals surface area contributed by atoms with Crippen LogP contribution in [0.5, 0.6) is 11.5 Å². The zero-order chi connectivity index (χ0) is 18.3. The Kier molecular flexibility index (Phi) is 4.34. The van der Waals surface area contributed by atoms with Gasteiger partial charge in [-0.3, -0.25) is 14.9 Å². The van der Waals surface area contributed by atoms with Crippen molar-refractivity contribution in [3.05, 3.63) is 39.1 Å². The van der Waals surface area contributed by atoms with Crippen molar-refractivity contribution in [2.24, 2.45) is 0 Å². The minimum absolute atomic E-state index is 0.0113. The summed E-state index contributed by atoms with van der Waals surface area (Å²) in [5.74, 6) is -0.583. The number of hydrogen-bond donors (Lipinski definition) is 2. The summed E-state index contributed by atoms with van der Waals surface area (Å²) in [7, 11) is 3.10. The lowest BCUT2D eigenvalue weighted by molar-refractivity contribution is -0.386. The summed E-state index contributed by atoms with van der Waals surface area (Å²) in [6.07, 6.45) is 1.89. The van der Waals surface area contributed by atoms with Crippen LogP contribution in [0.15, 0.2) is 23.4 Å². The molecule has 9 heteroatoms. The fourth-order valence-electron chi connectivity index (χ4n) is 3.26. The van der Waals surface area contributed by atoms with Gasteiger partial charge in [-0.05, 0) is 36.7 Å². The van der Waals surface area contributed by atoms with Crippen LogP contribution in [0.1, 0.15) is 30.9 Å². The summed E-state index contributed by atoms with van der Waals surface area (Å²) in [6.45, 7) is 0. The molecule has 0 saturated carbocycles. The van der Waals surface area contributed by atoms with Crippen molar-refractivity contribution < 1.29 is 19.6 Å². The molecule has 1 aliphatic heterocycles. The van der Waals surface area contributed by atoms with Crippen molar-refractivity contribution in [1.82, 2.24) is 10.2 Å². The zero-order valence-electron chi connectivity index (χ0n) is 13.7. The minimum Gasteiger partial charge on any atom is -0.500 e. The number of nitrogens with one attached hydrogen (secondary N) is 1. The lowest BCUT2D eigenvalue weighted by Crippen LogP contribution is -2.47. The molecule has 0 bridgehead atoms. The van der Waals surface area contributed by atoms with Gasteiger partial charge >= 0.3 is 5.69 Å². The molecule has 1 atom stereocenters. The second kappa shape index (κ2) is 6.32. The number of phenols is 1. The maximum Gasteiger partial charge on any atom is 0.315 e. The summed E-state index contributed by atoms with van der Waals surface area (Å²) in [5.41, 5.74) is 1.36. The molecule has 3 rings (SSSR count). The van der Waals surface area contributed by atoms with Crippen LogP contribution in [0.4, 0.5) is 5.69 Å². The quantitative estimate of drug-likeness (QED) is 0.478. The van der Waals surface area contributed by atoms with E-state index in [-0.39, 0.29) is 11.5 Å². The van der Waals surface area contributed by atoms with E-state index in [9.17, 15) is 20.0 Å². The molecule has 1 unspecified atom stereocenters. The van der Waals surface area contributed by atoms with Gasteiger partial charge in [-0.25, -0.2) is 0 Å². The van der Waals surface area contributed by atoms with E-state index in [2.05, 4.69) is 5.32 Å². The van der Waals surface area contributed by atoms with Crippen LogP contribution in [0.2, 0.25) is 0 Å². The average Bonchev–Trinajstić information content (AvgIpc) is 2.58. The number of benzene rings is 1. The Balaban J connectivity index is 2.19. The molecule has 0 amide bonds. The van der Waals surface area contributed by atoms with Crippen LogP contribution in [0, 0.1) is 10.1 Å². The number of methoxy groups -OCH3 is 1. The Hall–Kier alpha value is -2.68. The summed E-state index contributed by atoms with van der Waals surface area (Å²) >= 11 is 5.34. The Bertz CT molecular complexity index is 820. The van der Waals surface area contributed by atoms with Gasteiger partial charge in [-0.2, -0.15) is 0 Å². The Morgan fingerprint density at radius 2 is 2.16 bits per heavy atom. The van der Waals surface area contributed by atoms with Gasteiger partial charge < -0.3 is 20.1 Å². The van der Waals surface area contributed by atoms with E-state index in [0.717, 1.165) is 12.1 Å². The maximum atomic E-state index is 12.5. The third-order valence-corrected chi connectivity index (χ3v) is 4.91. The number of phenolic OH excluding ortho intramolecular Hbond substituents is 1. The van der Waals surface area contributed by atoms with Crippen LogP contribution >= 0.6 is 12.2 Å². The fraction of sp³-hybridized carbons (Fsp3) is 0.375. The van der Waals surface area contributed by atoms with E-state index in [1.807, 2.05) is 0 Å². The van der Waals surface area contributed by atoms with Gasteiger partial charge in [0.05, 0.1) is 18.1 Å². The summed E-state index contributed by atoms with van der Waals surface area (Å²) in [6, 6.07) is 2.12. The van der Waals surface area contributed by atoms with Crippen molar-refractivity contribution in [3.8, 4) is 11.5 Å². The third kappa shape index (κ3) is 2.80. The van der Waals surface area contributed by atoms with Crippen molar-refractivity contribution in [2.75, 3.05) is 14.2 Å². The van der Waals surface area contributed by atoms with Crippen LogP contribution in [0.25, 0.3) is 0 Å². The van der Waals surface area contributed by atoms with Gasteiger partial charge in [-0.1, -0.05) is 0 Å². The molecule has 2 aliphatic rings. The second-order valence-corrected chi connectivity index (χ2v) is 6.31. The number of nitro benzene ring substituents is 1. The van der Waals surface area contributed by atoms with Crippen LogP contribution in [-0.4, -0.2) is 40.0 Å². The van der Waals surface area contributed by atoms with E-state index >= 15 is 0 Å². The van der Waals surface area contributed by atoms with E-state index in [0.29, 0.717) is 29.1 Å². The lowest BCUT2D eigenvalue weighted by atomic mass is 9.84. The van der Waals surface area contributed by atoms with Gasteiger partial charge in [-0.15, -0.1) is 0 Å². The molecule has 0 fully saturated rings. The predicted octanol–water partition coefficient (Wildman–Crippen LogP) is 2.18. The van der Waals surface area contributed by atoms with E-state index in [1.54, 1.807) is 11.9 Å². The van der Waals surface area contributed by atoms with E-state index in [4.69, 9.17) is 17.0 Å². The third-order valence-electron chi connectivity index (χ3n) is 4.52. The van der Waals surface area contributed by atoms with E-state index in [1.165, 1.54) is 19.2 Å². The van der Waals surface area contributed by atoms with Gasteiger partial charge in [0.25, 0.3) is 0 Å². The molecule has 25 heavy (non-hydrogen) atoms. The van der Waals surface area contributed by atoms with E-state index < -0.39 is 22.4 Å². The number of nitrogens with zero attached hydrogens (tertiary/aromatic N) is 2. The molecule has 132 valence electrons. The zero-order valence-corrected chi connectivity index (χ0v) is 14.6. The molecule has 1 heterocycles. The number of aromatic hydroxyl groups is 1. The van der Waals surface area contributed by atoms with Gasteiger partial charge in [0, 0.05) is 30.8 Å². The number of carbonyl (C=O) groups is 1. The number of carbonyl (C=O) groups excluding carboxylic acids is 1. The lowest BCUT2D eigenvalue weighted by Gasteiger charge is -2.39. The largest absolute Gasteiger partial charge is 0.500 e. The summed E-state index contributed by atoms with van der Waals surface area (Å²) in [5, 5.41) is 24.7. The van der Waals surface area contributed by atoms with Crippen LogP contribution in [0.3, 0.4) is 0 Å². The topological polar surface area (TPSA) is 105 Å². The smallest absolute Gasteiger partial charge is 0.315 e. The maximum absolute atomic E-state index is 12.5. The first-order chi connectivity index (χ1) is 11.8. The highest BCUT2D eigenvalue weighted by molar-refractivity contribution is 7.80. The molecule has 1 aromatic carbocycles. The van der Waals surface area contributed by atoms with Gasteiger partial charge in [0.1, 0.15) is 0 Å². The van der Waals surface area contributed by atoms with Crippen molar-refractivity contribution in [1.29, 1.82) is 0 Å². The van der Waals surface area contributed by atoms with Gasteiger partial charge in [0.15, 0.2) is 16.6 Å². The van der Waals surface area contributed by atoms with Crippen LogP contribution in [-0.2, 0) is 4.79 Å². The standard InChI is InChI=1S/C16H17N3O5S/c1-18-9-4-3-5-11(20)13(9)14(17-16(18)25)8-6-10(19(22)23)15(21)12(7-8)24-2/h6-7,14,21H,3-5H2,1-2H3,(H,17,25). The Labute approximate surface area is 149 Å². The SMILES string of the molecule is COc1cc(C2NC(=S)N(C)C3=C2C(=O)CCC3)cc([N+](=O)[O-])c1O. The van der Waals surface area contributed by atoms with Crippen molar-refractivity contribution in [2.45, 2.75) is 25.3 Å². The number of rotatable bonds is 3. The molecule has 0 spiro atoms. The van der Waals surface area contributed by atoms with Crippen molar-refractivity contribution in [3.63, 3.8) is 0 Å². The molecule has 8 nitrogen and oxygen atoms in total. The molecule has 1 aromatic rings. The average molecular weight is 363 g/mol. The predicted molar refractivity (Wildman–Crippen MR) is 93.4 cm³/mol. The Morgan fingerprint density at radius 1 is 1.44 bits per heavy atom. The molecule has 0 aromatic heterocycles. The highest BCUT2D eigenvalue weighted by Crippen LogP contribution is 2.42. The number of hydrogen-bond acceptors (Lipinski definition) is 6.